The summed E-state index contributed by atoms with van der Waals surface area (Å²) in [5.41, 5.74) is 1.28. The first kappa shape index (κ1) is 12.3. The Labute approximate surface area is 119 Å². The fourth-order valence-corrected chi connectivity index (χ4v) is 5.16. The van der Waals surface area contributed by atoms with Gasteiger partial charge in [0.1, 0.15) is 6.29 Å². The van der Waals surface area contributed by atoms with E-state index >= 15 is 0 Å². The molecule has 2 aliphatic heterocycles. The molecule has 0 N–H and O–H groups in total. The molecule has 0 radical (unpaired) electrons. The van der Waals surface area contributed by atoms with Crippen LogP contribution in [0.25, 0.3) is 0 Å². The number of allylic oxidation sites excluding steroid dienone is 1. The predicted octanol–water partition coefficient (Wildman–Crippen LogP) is 3.47. The molecular weight excluding hydrogens is 248 g/mol. The summed E-state index contributed by atoms with van der Waals surface area (Å²) < 4.78 is 6.51. The average Bonchev–Trinajstić information content (AvgIpc) is 2.92. The molecule has 104 valence electrons. The molecule has 2 saturated heterocycles. The highest BCUT2D eigenvalue weighted by atomic mass is 16.5. The Balaban J connectivity index is 1.79. The van der Waals surface area contributed by atoms with Crippen LogP contribution in [-0.2, 0) is 15.1 Å². The van der Waals surface area contributed by atoms with Gasteiger partial charge in [0.25, 0.3) is 0 Å². The largest absolute Gasteiger partial charge is 0.366 e. The molecule has 5 rings (SSSR count). The zero-order chi connectivity index (χ0) is 13.8. The molecule has 4 bridgehead atoms. The van der Waals surface area contributed by atoms with Gasteiger partial charge >= 0.3 is 0 Å². The maximum absolute atomic E-state index is 11.0. The maximum Gasteiger partial charge on any atom is 0.120 e. The van der Waals surface area contributed by atoms with Crippen molar-refractivity contribution in [2.24, 2.45) is 17.3 Å². The van der Waals surface area contributed by atoms with E-state index in [2.05, 4.69) is 43.0 Å². The van der Waals surface area contributed by atoms with Crippen molar-refractivity contribution in [3.63, 3.8) is 0 Å². The van der Waals surface area contributed by atoms with Crippen LogP contribution < -0.4 is 0 Å². The summed E-state index contributed by atoms with van der Waals surface area (Å²) in [7, 11) is 0. The number of hydrogen-bond donors (Lipinski definition) is 0. The van der Waals surface area contributed by atoms with Gasteiger partial charge < -0.3 is 9.53 Å². The molecule has 1 aromatic rings. The standard InChI is InChI=1S/C18H20O2/c1-2-17-11-14-10-16(15(17)8-9-19)20-18(14,12-17)13-6-4-3-5-7-13/h2-7,9,14-16H,1,8,10-12H2. The smallest absolute Gasteiger partial charge is 0.120 e. The van der Waals surface area contributed by atoms with E-state index in [1.54, 1.807) is 0 Å². The van der Waals surface area contributed by atoms with Crippen molar-refractivity contribution in [1.82, 2.24) is 0 Å². The van der Waals surface area contributed by atoms with Crippen molar-refractivity contribution in [2.45, 2.75) is 37.4 Å². The predicted molar refractivity (Wildman–Crippen MR) is 77.1 cm³/mol. The Kier molecular flexibility index (Phi) is 2.50. The highest BCUT2D eigenvalue weighted by Crippen LogP contribution is 2.70. The molecule has 4 aliphatic rings. The van der Waals surface area contributed by atoms with Gasteiger partial charge in [-0.15, -0.1) is 6.58 Å². The molecule has 2 saturated carbocycles. The van der Waals surface area contributed by atoms with Gasteiger partial charge in [-0.25, -0.2) is 0 Å². The van der Waals surface area contributed by atoms with Crippen LogP contribution in [0, 0.1) is 17.3 Å². The summed E-state index contributed by atoms with van der Waals surface area (Å²) in [5, 5.41) is 0. The Morgan fingerprint density at radius 2 is 2.15 bits per heavy atom. The van der Waals surface area contributed by atoms with Crippen LogP contribution in [-0.4, -0.2) is 12.4 Å². The molecule has 0 spiro atoms. The van der Waals surface area contributed by atoms with E-state index in [1.165, 1.54) is 5.56 Å². The van der Waals surface area contributed by atoms with Crippen molar-refractivity contribution >= 4 is 6.29 Å². The van der Waals surface area contributed by atoms with Crippen LogP contribution in [0.5, 0.6) is 0 Å². The van der Waals surface area contributed by atoms with Crippen LogP contribution in [0.15, 0.2) is 43.0 Å². The highest BCUT2D eigenvalue weighted by Gasteiger charge is 2.68. The maximum atomic E-state index is 11.0. The fourth-order valence-electron chi connectivity index (χ4n) is 5.16. The molecule has 2 nitrogen and oxygen atoms in total. The van der Waals surface area contributed by atoms with Gasteiger partial charge in [0, 0.05) is 12.3 Å². The third-order valence-corrected chi connectivity index (χ3v) is 5.96. The van der Waals surface area contributed by atoms with Crippen LogP contribution in [0.1, 0.15) is 31.2 Å². The second kappa shape index (κ2) is 4.05. The third-order valence-electron chi connectivity index (χ3n) is 5.96. The number of hydrogen-bond acceptors (Lipinski definition) is 2. The minimum Gasteiger partial charge on any atom is -0.366 e. The van der Waals surface area contributed by atoms with E-state index in [0.717, 1.165) is 25.5 Å². The van der Waals surface area contributed by atoms with Gasteiger partial charge in [0.15, 0.2) is 0 Å². The van der Waals surface area contributed by atoms with E-state index in [-0.39, 0.29) is 17.1 Å². The number of ether oxygens (including phenoxy) is 1. The van der Waals surface area contributed by atoms with Gasteiger partial charge in [-0.1, -0.05) is 36.4 Å². The minimum atomic E-state index is -0.125. The molecule has 0 amide bonds. The van der Waals surface area contributed by atoms with E-state index < -0.39 is 0 Å². The highest BCUT2D eigenvalue weighted by molar-refractivity contribution is 5.51. The summed E-state index contributed by atoms with van der Waals surface area (Å²) in [6, 6.07) is 10.6. The van der Waals surface area contributed by atoms with Crippen molar-refractivity contribution in [1.29, 1.82) is 0 Å². The van der Waals surface area contributed by atoms with Crippen LogP contribution in [0.2, 0.25) is 0 Å². The monoisotopic (exact) mass is 268 g/mol. The Hall–Kier alpha value is -1.41. The normalized spacial score (nSPS) is 44.7. The van der Waals surface area contributed by atoms with Gasteiger partial charge in [-0.2, -0.15) is 0 Å². The molecule has 2 heterocycles. The number of carbonyl (C=O) groups excluding carboxylic acids is 1. The van der Waals surface area contributed by atoms with E-state index in [4.69, 9.17) is 4.74 Å². The van der Waals surface area contributed by atoms with Gasteiger partial charge in [0.2, 0.25) is 0 Å². The number of benzene rings is 1. The van der Waals surface area contributed by atoms with Crippen LogP contribution in [0.4, 0.5) is 0 Å². The SMILES string of the molecule is C=CC12CC3CC(OC3(c3ccccc3)C1)C2CC=O. The molecule has 1 aromatic carbocycles. The number of carbonyl (C=O) groups is 1. The Morgan fingerprint density at radius 3 is 2.85 bits per heavy atom. The zero-order valence-electron chi connectivity index (χ0n) is 11.6. The summed E-state index contributed by atoms with van der Waals surface area (Å²) >= 11 is 0. The second-order valence-corrected chi connectivity index (χ2v) is 6.67. The fraction of sp³-hybridized carbons (Fsp3) is 0.500. The minimum absolute atomic E-state index is 0.0998. The molecule has 5 atom stereocenters. The lowest BCUT2D eigenvalue weighted by atomic mass is 9.65. The Bertz CT molecular complexity index is 552. The van der Waals surface area contributed by atoms with Gasteiger partial charge in [0.05, 0.1) is 11.7 Å². The van der Waals surface area contributed by atoms with Crippen molar-refractivity contribution < 1.29 is 9.53 Å². The molecule has 20 heavy (non-hydrogen) atoms. The summed E-state index contributed by atoms with van der Waals surface area (Å²) in [6.07, 6.45) is 7.23. The first-order valence-corrected chi connectivity index (χ1v) is 7.55. The van der Waals surface area contributed by atoms with E-state index in [0.29, 0.717) is 18.3 Å². The third kappa shape index (κ3) is 1.35. The quantitative estimate of drug-likeness (QED) is 0.617. The molecular formula is C18H20O2. The molecule has 2 heteroatoms. The average molecular weight is 268 g/mol. The van der Waals surface area contributed by atoms with Crippen molar-refractivity contribution in [3.05, 3.63) is 48.6 Å². The summed E-state index contributed by atoms with van der Waals surface area (Å²) in [4.78, 5) is 11.0. The lowest BCUT2D eigenvalue weighted by Gasteiger charge is -2.46. The van der Waals surface area contributed by atoms with Gasteiger partial charge in [-0.05, 0) is 36.2 Å². The van der Waals surface area contributed by atoms with E-state index in [9.17, 15) is 4.79 Å². The summed E-state index contributed by atoms with van der Waals surface area (Å²) in [5.74, 6) is 0.906. The topological polar surface area (TPSA) is 26.3 Å². The van der Waals surface area contributed by atoms with Crippen LogP contribution >= 0.6 is 0 Å². The summed E-state index contributed by atoms with van der Waals surface area (Å²) in [6.45, 7) is 4.09. The molecule has 0 aromatic heterocycles. The zero-order valence-corrected chi connectivity index (χ0v) is 11.6. The lowest BCUT2D eigenvalue weighted by molar-refractivity contribution is -0.139. The van der Waals surface area contributed by atoms with Gasteiger partial charge in [-0.3, -0.25) is 0 Å². The number of rotatable bonds is 4. The second-order valence-electron chi connectivity index (χ2n) is 6.67. The molecule has 2 aliphatic carbocycles. The first-order chi connectivity index (χ1) is 9.74. The van der Waals surface area contributed by atoms with Crippen molar-refractivity contribution in [3.8, 4) is 0 Å². The van der Waals surface area contributed by atoms with Crippen LogP contribution in [0.3, 0.4) is 0 Å². The Morgan fingerprint density at radius 1 is 1.35 bits per heavy atom. The molecule has 5 unspecified atom stereocenters. The van der Waals surface area contributed by atoms with Crippen molar-refractivity contribution in [2.75, 3.05) is 0 Å². The first-order valence-electron chi connectivity index (χ1n) is 7.55. The molecule has 4 fully saturated rings. The number of aldehydes is 1. The van der Waals surface area contributed by atoms with E-state index in [1.807, 2.05) is 0 Å². The lowest BCUT2D eigenvalue weighted by Crippen LogP contribution is -2.44.